The fourth-order valence-corrected chi connectivity index (χ4v) is 2.58. The van der Waals surface area contributed by atoms with Crippen molar-refractivity contribution >= 4 is 5.91 Å². The molecule has 5 nitrogen and oxygen atoms in total. The molecular formula is C15H16F2N4O. The quantitative estimate of drug-likeness (QED) is 0.875. The average Bonchev–Trinajstić information content (AvgIpc) is 2.87. The fraction of sp³-hybridized carbons (Fsp3) is 0.400. The summed E-state index contributed by atoms with van der Waals surface area (Å²) >= 11 is 0. The van der Waals surface area contributed by atoms with E-state index in [1.807, 2.05) is 0 Å². The Labute approximate surface area is 126 Å². The van der Waals surface area contributed by atoms with Gasteiger partial charge in [-0.05, 0) is 25.0 Å². The van der Waals surface area contributed by atoms with Gasteiger partial charge < -0.3 is 4.90 Å². The van der Waals surface area contributed by atoms with Crippen LogP contribution in [0.5, 0.6) is 0 Å². The van der Waals surface area contributed by atoms with E-state index in [1.54, 1.807) is 4.90 Å². The minimum atomic E-state index is -0.940. The van der Waals surface area contributed by atoms with E-state index in [4.69, 9.17) is 0 Å². The highest BCUT2D eigenvalue weighted by atomic mass is 19.2. The molecule has 2 aromatic rings. The van der Waals surface area contributed by atoms with Crippen LogP contribution in [0.15, 0.2) is 24.5 Å². The lowest BCUT2D eigenvalue weighted by Crippen LogP contribution is -2.31. The molecule has 1 amide bonds. The molecule has 0 N–H and O–H groups in total. The van der Waals surface area contributed by atoms with Gasteiger partial charge in [0.2, 0.25) is 5.91 Å². The summed E-state index contributed by atoms with van der Waals surface area (Å²) in [5, 5.41) is 4.05. The molecule has 0 bridgehead atoms. The second-order valence-corrected chi connectivity index (χ2v) is 5.31. The van der Waals surface area contributed by atoms with Crippen LogP contribution < -0.4 is 0 Å². The van der Waals surface area contributed by atoms with Crippen LogP contribution in [-0.2, 0) is 11.3 Å². The maximum absolute atomic E-state index is 13.4. The predicted molar refractivity (Wildman–Crippen MR) is 75.2 cm³/mol. The van der Waals surface area contributed by atoms with Gasteiger partial charge in [0.25, 0.3) is 0 Å². The Morgan fingerprint density at radius 3 is 2.82 bits per heavy atom. The van der Waals surface area contributed by atoms with E-state index in [-0.39, 0.29) is 5.91 Å². The molecule has 1 aliphatic rings. The van der Waals surface area contributed by atoms with Crippen molar-refractivity contribution in [2.45, 2.75) is 32.2 Å². The van der Waals surface area contributed by atoms with Crippen LogP contribution in [0.4, 0.5) is 8.78 Å². The van der Waals surface area contributed by atoms with E-state index in [9.17, 15) is 13.6 Å². The van der Waals surface area contributed by atoms with Crippen LogP contribution in [0.1, 0.15) is 31.5 Å². The number of halogens is 2. The van der Waals surface area contributed by atoms with E-state index < -0.39 is 11.6 Å². The Kier molecular flexibility index (Phi) is 4.13. The first-order valence-corrected chi connectivity index (χ1v) is 7.27. The summed E-state index contributed by atoms with van der Waals surface area (Å²) in [6, 6.07) is 3.55. The van der Waals surface area contributed by atoms with Crippen LogP contribution in [0.2, 0.25) is 0 Å². The molecule has 0 radical (unpaired) electrons. The molecule has 7 heteroatoms. The Balaban J connectivity index is 1.85. The summed E-state index contributed by atoms with van der Waals surface area (Å²) < 4.78 is 27.8. The van der Waals surface area contributed by atoms with E-state index in [1.165, 1.54) is 17.1 Å². The number of rotatable bonds is 3. The summed E-state index contributed by atoms with van der Waals surface area (Å²) in [7, 11) is 0. The lowest BCUT2D eigenvalue weighted by molar-refractivity contribution is -0.131. The average molecular weight is 306 g/mol. The van der Waals surface area contributed by atoms with Crippen molar-refractivity contribution in [3.05, 3.63) is 42.0 Å². The zero-order valence-electron chi connectivity index (χ0n) is 12.0. The fourth-order valence-electron chi connectivity index (χ4n) is 2.58. The van der Waals surface area contributed by atoms with Crippen molar-refractivity contribution in [2.24, 2.45) is 0 Å². The minimum Gasteiger partial charge on any atom is -0.335 e. The SMILES string of the molecule is O=C1CCCCCN1Cc1ncnn1-c1ccc(F)c(F)c1. The van der Waals surface area contributed by atoms with Gasteiger partial charge in [-0.15, -0.1) is 0 Å². The molecular weight excluding hydrogens is 290 g/mol. The molecule has 1 aromatic carbocycles. The van der Waals surface area contributed by atoms with Crippen molar-refractivity contribution in [3.8, 4) is 5.69 Å². The molecule has 0 spiro atoms. The molecule has 0 unspecified atom stereocenters. The molecule has 1 aromatic heterocycles. The largest absolute Gasteiger partial charge is 0.335 e. The summed E-state index contributed by atoms with van der Waals surface area (Å²) in [6.07, 6.45) is 4.80. The number of carbonyl (C=O) groups excluding carboxylic acids is 1. The molecule has 1 saturated heterocycles. The summed E-state index contributed by atoms with van der Waals surface area (Å²) in [5.41, 5.74) is 0.383. The third-order valence-corrected chi connectivity index (χ3v) is 3.77. The number of nitrogens with zero attached hydrogens (tertiary/aromatic N) is 4. The van der Waals surface area contributed by atoms with Crippen molar-refractivity contribution in [3.63, 3.8) is 0 Å². The highest BCUT2D eigenvalue weighted by molar-refractivity contribution is 5.76. The zero-order valence-corrected chi connectivity index (χ0v) is 12.0. The van der Waals surface area contributed by atoms with Crippen LogP contribution in [0, 0.1) is 11.6 Å². The number of hydrogen-bond donors (Lipinski definition) is 0. The molecule has 1 fully saturated rings. The number of amides is 1. The lowest BCUT2D eigenvalue weighted by Gasteiger charge is -2.20. The van der Waals surface area contributed by atoms with Crippen molar-refractivity contribution in [2.75, 3.05) is 6.54 Å². The Morgan fingerprint density at radius 1 is 1.14 bits per heavy atom. The molecule has 116 valence electrons. The topological polar surface area (TPSA) is 51.0 Å². The van der Waals surface area contributed by atoms with Crippen LogP contribution in [0.25, 0.3) is 5.69 Å². The van der Waals surface area contributed by atoms with Crippen LogP contribution in [0.3, 0.4) is 0 Å². The molecule has 3 rings (SSSR count). The number of likely N-dealkylation sites (tertiary alicyclic amines) is 1. The van der Waals surface area contributed by atoms with Gasteiger partial charge in [-0.1, -0.05) is 6.42 Å². The summed E-state index contributed by atoms with van der Waals surface area (Å²) in [5.74, 6) is -1.23. The third kappa shape index (κ3) is 2.98. The molecule has 0 saturated carbocycles. The molecule has 1 aliphatic heterocycles. The van der Waals surface area contributed by atoms with Gasteiger partial charge in [-0.25, -0.2) is 18.4 Å². The van der Waals surface area contributed by atoms with E-state index in [0.717, 1.165) is 31.4 Å². The molecule has 2 heterocycles. The molecule has 0 atom stereocenters. The number of carbonyl (C=O) groups is 1. The Morgan fingerprint density at radius 2 is 2.00 bits per heavy atom. The van der Waals surface area contributed by atoms with E-state index in [0.29, 0.717) is 31.0 Å². The van der Waals surface area contributed by atoms with Gasteiger partial charge >= 0.3 is 0 Å². The summed E-state index contributed by atoms with van der Waals surface area (Å²) in [4.78, 5) is 17.9. The van der Waals surface area contributed by atoms with Gasteiger partial charge in [0.05, 0.1) is 12.2 Å². The normalized spacial score (nSPS) is 15.9. The zero-order chi connectivity index (χ0) is 15.5. The van der Waals surface area contributed by atoms with Crippen LogP contribution in [-0.4, -0.2) is 32.1 Å². The van der Waals surface area contributed by atoms with E-state index in [2.05, 4.69) is 10.1 Å². The monoisotopic (exact) mass is 306 g/mol. The number of benzene rings is 1. The lowest BCUT2D eigenvalue weighted by atomic mass is 10.2. The maximum atomic E-state index is 13.4. The second kappa shape index (κ2) is 6.21. The van der Waals surface area contributed by atoms with Gasteiger partial charge in [-0.3, -0.25) is 4.79 Å². The number of aromatic nitrogens is 3. The third-order valence-electron chi connectivity index (χ3n) is 3.77. The van der Waals surface area contributed by atoms with Crippen molar-refractivity contribution in [1.82, 2.24) is 19.7 Å². The first-order chi connectivity index (χ1) is 10.6. The van der Waals surface area contributed by atoms with Crippen LogP contribution >= 0.6 is 0 Å². The Hall–Kier alpha value is -2.31. The van der Waals surface area contributed by atoms with Gasteiger partial charge in [0.1, 0.15) is 6.33 Å². The number of hydrogen-bond acceptors (Lipinski definition) is 3. The smallest absolute Gasteiger partial charge is 0.222 e. The van der Waals surface area contributed by atoms with Gasteiger partial charge in [0.15, 0.2) is 17.5 Å². The highest BCUT2D eigenvalue weighted by Crippen LogP contribution is 2.17. The predicted octanol–water partition coefficient (Wildman–Crippen LogP) is 2.45. The van der Waals surface area contributed by atoms with Crippen molar-refractivity contribution < 1.29 is 13.6 Å². The first-order valence-electron chi connectivity index (χ1n) is 7.27. The highest BCUT2D eigenvalue weighted by Gasteiger charge is 2.19. The standard InChI is InChI=1S/C15H16F2N4O/c16-12-6-5-11(8-13(12)17)21-14(18-10-19-21)9-20-7-3-1-2-4-15(20)22/h5-6,8,10H,1-4,7,9H2. The summed E-state index contributed by atoms with van der Waals surface area (Å²) in [6.45, 7) is 1.00. The Bertz CT molecular complexity index is 686. The molecule has 22 heavy (non-hydrogen) atoms. The second-order valence-electron chi connectivity index (χ2n) is 5.31. The van der Waals surface area contributed by atoms with E-state index >= 15 is 0 Å². The minimum absolute atomic E-state index is 0.0948. The molecule has 0 aliphatic carbocycles. The van der Waals surface area contributed by atoms with Crippen molar-refractivity contribution in [1.29, 1.82) is 0 Å². The first kappa shape index (κ1) is 14.6. The van der Waals surface area contributed by atoms with Gasteiger partial charge in [0, 0.05) is 19.0 Å². The maximum Gasteiger partial charge on any atom is 0.222 e. The van der Waals surface area contributed by atoms with Gasteiger partial charge in [-0.2, -0.15) is 5.10 Å².